The zero-order chi connectivity index (χ0) is 13.6. The van der Waals surface area contributed by atoms with Gasteiger partial charge in [0.25, 0.3) is 0 Å². The third-order valence-corrected chi connectivity index (χ3v) is 5.04. The van der Waals surface area contributed by atoms with E-state index in [0.717, 1.165) is 30.7 Å². The van der Waals surface area contributed by atoms with Gasteiger partial charge in [-0.25, -0.2) is 9.83 Å². The number of aliphatic imine (C=N–C) groups is 1. The summed E-state index contributed by atoms with van der Waals surface area (Å²) in [5, 5.41) is 9.99. The molecule has 0 spiro atoms. The van der Waals surface area contributed by atoms with Gasteiger partial charge in [-0.15, -0.1) is 11.3 Å². The molecule has 2 atom stereocenters. The van der Waals surface area contributed by atoms with Crippen molar-refractivity contribution < 1.29 is 4.84 Å². The number of nitriles is 1. The van der Waals surface area contributed by atoms with Crippen LogP contribution in [-0.2, 0) is 16.7 Å². The van der Waals surface area contributed by atoms with Crippen molar-refractivity contribution in [3.05, 3.63) is 16.0 Å². The third-order valence-electron chi connectivity index (χ3n) is 3.97. The van der Waals surface area contributed by atoms with E-state index in [2.05, 4.69) is 23.5 Å². The minimum atomic E-state index is -0.285. The normalized spacial score (nSPS) is 29.3. The average molecular weight is 276 g/mol. The highest BCUT2D eigenvalue weighted by atomic mass is 32.1. The van der Waals surface area contributed by atoms with Gasteiger partial charge in [-0.2, -0.15) is 5.26 Å². The fraction of sp³-hybridized carbons (Fsp3) is 0.538. The van der Waals surface area contributed by atoms with Crippen molar-refractivity contribution in [1.82, 2.24) is 5.48 Å². The molecular weight excluding hydrogens is 260 g/mol. The maximum Gasteiger partial charge on any atom is 0.186 e. The van der Waals surface area contributed by atoms with E-state index in [1.165, 1.54) is 16.2 Å². The molecule has 5 nitrogen and oxygen atoms in total. The lowest BCUT2D eigenvalue weighted by molar-refractivity contribution is -0.0146. The minimum Gasteiger partial charge on any atom is -0.389 e. The Labute approximate surface area is 116 Å². The lowest BCUT2D eigenvalue weighted by Crippen LogP contribution is -2.40. The van der Waals surface area contributed by atoms with Crippen LogP contribution in [0.15, 0.2) is 4.99 Å². The van der Waals surface area contributed by atoms with E-state index >= 15 is 0 Å². The lowest BCUT2D eigenvalue weighted by atomic mass is 9.71. The largest absolute Gasteiger partial charge is 0.389 e. The van der Waals surface area contributed by atoms with Gasteiger partial charge in [0.05, 0.1) is 5.56 Å². The smallest absolute Gasteiger partial charge is 0.186 e. The van der Waals surface area contributed by atoms with E-state index in [0.29, 0.717) is 10.6 Å². The highest BCUT2D eigenvalue weighted by Gasteiger charge is 2.45. The molecule has 1 aliphatic heterocycles. The molecule has 0 amide bonds. The molecule has 19 heavy (non-hydrogen) atoms. The first-order valence-corrected chi connectivity index (χ1v) is 7.15. The van der Waals surface area contributed by atoms with Crippen LogP contribution in [0.25, 0.3) is 0 Å². The molecule has 0 bridgehead atoms. The van der Waals surface area contributed by atoms with E-state index < -0.39 is 0 Å². The average Bonchev–Trinajstić information content (AvgIpc) is 2.93. The van der Waals surface area contributed by atoms with Crippen molar-refractivity contribution >= 4 is 22.2 Å². The fourth-order valence-corrected chi connectivity index (χ4v) is 4.22. The van der Waals surface area contributed by atoms with Crippen LogP contribution >= 0.6 is 11.3 Å². The number of hydroxylamine groups is 1. The number of rotatable bonds is 1. The van der Waals surface area contributed by atoms with Crippen molar-refractivity contribution in [2.45, 2.75) is 44.8 Å². The first kappa shape index (κ1) is 12.5. The van der Waals surface area contributed by atoms with Crippen molar-refractivity contribution in [2.24, 2.45) is 4.99 Å². The van der Waals surface area contributed by atoms with Gasteiger partial charge in [-0.1, -0.05) is 6.92 Å². The summed E-state index contributed by atoms with van der Waals surface area (Å²) in [4.78, 5) is 11.3. The quantitative estimate of drug-likeness (QED) is 0.822. The first-order valence-electron chi connectivity index (χ1n) is 6.34. The SMILES string of the molecule is CC1=NC([C@@]2(C)CCCc3sc(N)c(C#N)c32)ON1. The zero-order valence-electron chi connectivity index (χ0n) is 11.0. The molecule has 0 fully saturated rings. The number of aryl methyl sites for hydroxylation is 1. The topological polar surface area (TPSA) is 83.4 Å². The van der Waals surface area contributed by atoms with Crippen molar-refractivity contribution in [3.63, 3.8) is 0 Å². The highest BCUT2D eigenvalue weighted by Crippen LogP contribution is 2.48. The van der Waals surface area contributed by atoms with Crippen molar-refractivity contribution in [1.29, 1.82) is 5.26 Å². The Bertz CT molecular complexity index is 601. The fourth-order valence-electron chi connectivity index (χ4n) is 3.02. The van der Waals surface area contributed by atoms with Gasteiger partial charge in [0.15, 0.2) is 6.23 Å². The Morgan fingerprint density at radius 3 is 3.05 bits per heavy atom. The van der Waals surface area contributed by atoms with Gasteiger partial charge >= 0.3 is 0 Å². The zero-order valence-corrected chi connectivity index (χ0v) is 11.8. The molecule has 1 aromatic heterocycles. The highest BCUT2D eigenvalue weighted by molar-refractivity contribution is 7.16. The Morgan fingerprint density at radius 1 is 1.63 bits per heavy atom. The standard InChI is InChI=1S/C13H16N4OS/c1-7-16-12(18-17-7)13(2)5-3-4-9-10(13)8(6-14)11(15)19-9/h12H,3-5,15H2,1-2H3,(H,16,17)/t12?,13-/m0/s1. The summed E-state index contributed by atoms with van der Waals surface area (Å²) >= 11 is 1.53. The van der Waals surface area contributed by atoms with Gasteiger partial charge in [0.2, 0.25) is 0 Å². The van der Waals surface area contributed by atoms with Crippen LogP contribution in [0.1, 0.15) is 42.7 Å². The summed E-state index contributed by atoms with van der Waals surface area (Å²) in [6.07, 6.45) is 2.73. The van der Waals surface area contributed by atoms with Gasteiger partial charge in [0.1, 0.15) is 16.9 Å². The molecule has 1 aromatic rings. The second-order valence-electron chi connectivity index (χ2n) is 5.31. The Morgan fingerprint density at radius 2 is 2.42 bits per heavy atom. The summed E-state index contributed by atoms with van der Waals surface area (Å²) in [5.74, 6) is 0.778. The molecule has 3 N–H and O–H groups in total. The van der Waals surface area contributed by atoms with Gasteiger partial charge < -0.3 is 5.73 Å². The van der Waals surface area contributed by atoms with Crippen LogP contribution < -0.4 is 11.2 Å². The van der Waals surface area contributed by atoms with E-state index in [1.54, 1.807) is 0 Å². The van der Waals surface area contributed by atoms with Gasteiger partial charge in [-0.05, 0) is 31.7 Å². The van der Waals surface area contributed by atoms with E-state index in [1.807, 2.05) is 6.92 Å². The number of hydrogen-bond acceptors (Lipinski definition) is 6. The van der Waals surface area contributed by atoms with Crippen molar-refractivity contribution in [2.75, 3.05) is 5.73 Å². The first-order chi connectivity index (χ1) is 9.06. The molecule has 0 saturated carbocycles. The van der Waals surface area contributed by atoms with Crippen LogP contribution in [-0.4, -0.2) is 12.1 Å². The molecule has 3 rings (SSSR count). The summed E-state index contributed by atoms with van der Waals surface area (Å²) in [7, 11) is 0. The summed E-state index contributed by atoms with van der Waals surface area (Å²) in [6.45, 7) is 3.99. The van der Waals surface area contributed by atoms with Gasteiger partial charge in [-0.3, -0.25) is 5.48 Å². The molecule has 0 radical (unpaired) electrons. The second kappa shape index (κ2) is 4.22. The summed E-state index contributed by atoms with van der Waals surface area (Å²) < 4.78 is 0. The summed E-state index contributed by atoms with van der Waals surface area (Å²) in [6, 6.07) is 2.25. The van der Waals surface area contributed by atoms with Crippen LogP contribution in [0.5, 0.6) is 0 Å². The molecule has 0 aromatic carbocycles. The van der Waals surface area contributed by atoms with E-state index in [-0.39, 0.29) is 11.6 Å². The van der Waals surface area contributed by atoms with E-state index in [9.17, 15) is 5.26 Å². The third kappa shape index (κ3) is 1.73. The molecule has 2 heterocycles. The van der Waals surface area contributed by atoms with Crippen LogP contribution in [0.4, 0.5) is 5.00 Å². The lowest BCUT2D eigenvalue weighted by Gasteiger charge is -2.36. The number of anilines is 1. The van der Waals surface area contributed by atoms with Crippen LogP contribution in [0, 0.1) is 11.3 Å². The van der Waals surface area contributed by atoms with Crippen LogP contribution in [0.2, 0.25) is 0 Å². The summed E-state index contributed by atoms with van der Waals surface area (Å²) in [5.41, 5.74) is 10.2. The molecule has 1 unspecified atom stereocenters. The predicted octanol–water partition coefficient (Wildman–Crippen LogP) is 2.08. The second-order valence-corrected chi connectivity index (χ2v) is 6.45. The molecular formula is C13H16N4OS. The van der Waals surface area contributed by atoms with Crippen molar-refractivity contribution in [3.8, 4) is 6.07 Å². The molecule has 1 aliphatic carbocycles. The number of thiophene rings is 1. The molecule has 6 heteroatoms. The van der Waals surface area contributed by atoms with Gasteiger partial charge in [0, 0.05) is 10.3 Å². The molecule has 100 valence electrons. The number of nitrogens with zero attached hydrogens (tertiary/aromatic N) is 2. The monoisotopic (exact) mass is 276 g/mol. The van der Waals surface area contributed by atoms with E-state index in [4.69, 9.17) is 10.6 Å². The number of nitrogen functional groups attached to an aromatic ring is 1. The number of hydrogen-bond donors (Lipinski definition) is 2. The number of nitrogens with two attached hydrogens (primary N) is 1. The Kier molecular flexibility index (Phi) is 2.77. The molecule has 0 saturated heterocycles. The van der Waals surface area contributed by atoms with Crippen LogP contribution in [0.3, 0.4) is 0 Å². The Hall–Kier alpha value is -1.58. The number of amidine groups is 1. The minimum absolute atomic E-state index is 0.280. The number of nitrogens with one attached hydrogen (secondary N) is 1. The Balaban J connectivity index is 2.14. The predicted molar refractivity (Wildman–Crippen MR) is 74.9 cm³/mol. The maximum atomic E-state index is 9.37. The maximum absolute atomic E-state index is 9.37. The number of fused-ring (bicyclic) bond motifs is 1. The molecule has 2 aliphatic rings.